The number of halogens is 1. The molecule has 0 radical (unpaired) electrons. The lowest BCUT2D eigenvalue weighted by molar-refractivity contribution is 1.16. The lowest BCUT2D eigenvalue weighted by Gasteiger charge is -1.98. The van der Waals surface area contributed by atoms with Crippen LogP contribution >= 0.6 is 22.9 Å². The summed E-state index contributed by atoms with van der Waals surface area (Å²) in [4.78, 5) is 11.4. The van der Waals surface area contributed by atoms with Crippen LogP contribution < -0.4 is 0 Å². The first-order valence-corrected chi connectivity index (χ1v) is 6.08. The Morgan fingerprint density at radius 1 is 1.31 bits per heavy atom. The van der Waals surface area contributed by atoms with Crippen LogP contribution in [0, 0.1) is 0 Å². The predicted molar refractivity (Wildman–Crippen MR) is 66.0 cm³/mol. The second-order valence-corrected chi connectivity index (χ2v) is 4.75. The first-order valence-electron chi connectivity index (χ1n) is 4.83. The van der Waals surface area contributed by atoms with E-state index in [0.29, 0.717) is 5.15 Å². The van der Waals surface area contributed by atoms with E-state index in [1.165, 1.54) is 10.3 Å². The van der Waals surface area contributed by atoms with Gasteiger partial charge in [0.15, 0.2) is 0 Å². The van der Waals surface area contributed by atoms with Gasteiger partial charge in [0.05, 0.1) is 10.2 Å². The van der Waals surface area contributed by atoms with E-state index in [9.17, 15) is 0 Å². The monoisotopic (exact) mass is 249 g/mol. The number of nitrogens with one attached hydrogen (secondary N) is 1. The van der Waals surface area contributed by atoms with Gasteiger partial charge in [0.1, 0.15) is 10.8 Å². The zero-order valence-electron chi connectivity index (χ0n) is 8.27. The molecule has 5 heteroatoms. The molecule has 0 saturated heterocycles. The molecule has 0 unspecified atom stereocenters. The topological polar surface area (TPSA) is 41.6 Å². The zero-order valence-corrected chi connectivity index (χ0v) is 9.85. The minimum Gasteiger partial charge on any atom is -0.345 e. The number of H-pyrrole nitrogens is 1. The largest absolute Gasteiger partial charge is 0.345 e. The lowest BCUT2D eigenvalue weighted by atomic mass is 10.1. The molecule has 3 aromatic rings. The van der Waals surface area contributed by atoms with E-state index in [1.54, 1.807) is 11.3 Å². The highest BCUT2D eigenvalue weighted by molar-refractivity contribution is 7.16. The van der Waals surface area contributed by atoms with Gasteiger partial charge < -0.3 is 4.98 Å². The van der Waals surface area contributed by atoms with Crippen molar-refractivity contribution in [3.63, 3.8) is 0 Å². The molecule has 0 aliphatic rings. The van der Waals surface area contributed by atoms with Crippen molar-refractivity contribution in [3.8, 4) is 0 Å². The summed E-state index contributed by atoms with van der Waals surface area (Å²) in [6.07, 6.45) is 4.66. The van der Waals surface area contributed by atoms with Gasteiger partial charge in [-0.1, -0.05) is 17.7 Å². The number of fused-ring (bicyclic) bond motifs is 1. The summed E-state index contributed by atoms with van der Waals surface area (Å²) in [6, 6.07) is 3.81. The molecule has 3 rings (SSSR count). The first-order chi connectivity index (χ1) is 7.83. The molecule has 0 atom stereocenters. The average Bonchev–Trinajstić information content (AvgIpc) is 2.86. The number of aromatic nitrogens is 3. The number of hydrogen-bond donors (Lipinski definition) is 1. The smallest absolute Gasteiger partial charge is 0.148 e. The van der Waals surface area contributed by atoms with Crippen LogP contribution in [0.1, 0.15) is 11.1 Å². The standard InChI is InChI=1S/C11H8ClN3S/c12-9-2-1-7(4-13-9)3-8-5-14-11-10(8)16-6-15-11/h1-2,4-6,14H,3H2. The Morgan fingerprint density at radius 2 is 2.25 bits per heavy atom. The number of hydrogen-bond acceptors (Lipinski definition) is 3. The summed E-state index contributed by atoms with van der Waals surface area (Å²) in [6.45, 7) is 0. The second-order valence-electron chi connectivity index (χ2n) is 3.51. The Kier molecular flexibility index (Phi) is 2.38. The molecular formula is C11H8ClN3S. The predicted octanol–water partition coefficient (Wildman–Crippen LogP) is 3.26. The molecule has 0 fully saturated rings. The molecule has 0 aliphatic heterocycles. The van der Waals surface area contributed by atoms with Crippen molar-refractivity contribution < 1.29 is 0 Å². The van der Waals surface area contributed by atoms with Crippen LogP contribution in [0.5, 0.6) is 0 Å². The number of rotatable bonds is 2. The molecule has 3 nitrogen and oxygen atoms in total. The van der Waals surface area contributed by atoms with Gasteiger partial charge in [-0.05, 0) is 17.2 Å². The Bertz CT molecular complexity index is 611. The summed E-state index contributed by atoms with van der Waals surface area (Å²) < 4.78 is 1.22. The normalized spacial score (nSPS) is 11.1. The third-order valence-electron chi connectivity index (χ3n) is 2.43. The van der Waals surface area contributed by atoms with Gasteiger partial charge in [-0.25, -0.2) is 9.97 Å². The number of thiazole rings is 1. The van der Waals surface area contributed by atoms with Gasteiger partial charge in [0.25, 0.3) is 0 Å². The summed E-state index contributed by atoms with van der Waals surface area (Å²) in [5.41, 5.74) is 5.22. The molecule has 0 amide bonds. The van der Waals surface area contributed by atoms with Crippen LogP contribution in [0.4, 0.5) is 0 Å². The van der Waals surface area contributed by atoms with Gasteiger partial charge in [0, 0.05) is 18.8 Å². The van der Waals surface area contributed by atoms with Gasteiger partial charge in [0.2, 0.25) is 0 Å². The molecule has 0 bridgehead atoms. The van der Waals surface area contributed by atoms with Crippen LogP contribution in [-0.4, -0.2) is 15.0 Å². The zero-order chi connectivity index (χ0) is 11.0. The Hall–Kier alpha value is -1.39. The maximum absolute atomic E-state index is 5.75. The molecule has 0 aliphatic carbocycles. The van der Waals surface area contributed by atoms with Crippen LogP contribution in [0.3, 0.4) is 0 Å². The van der Waals surface area contributed by atoms with Gasteiger partial charge in [-0.15, -0.1) is 11.3 Å². The van der Waals surface area contributed by atoms with E-state index in [2.05, 4.69) is 15.0 Å². The molecule has 3 aromatic heterocycles. The van der Waals surface area contributed by atoms with E-state index in [0.717, 1.165) is 17.6 Å². The van der Waals surface area contributed by atoms with Crippen LogP contribution in [0.2, 0.25) is 5.15 Å². The Morgan fingerprint density at radius 3 is 3.06 bits per heavy atom. The lowest BCUT2D eigenvalue weighted by Crippen LogP contribution is -1.87. The van der Waals surface area contributed by atoms with E-state index < -0.39 is 0 Å². The fourth-order valence-corrected chi connectivity index (χ4v) is 2.54. The second kappa shape index (κ2) is 3.88. The fourth-order valence-electron chi connectivity index (χ4n) is 1.66. The highest BCUT2D eigenvalue weighted by atomic mass is 35.5. The molecule has 1 N–H and O–H groups in total. The van der Waals surface area contributed by atoms with Crippen LogP contribution in [0.25, 0.3) is 10.3 Å². The van der Waals surface area contributed by atoms with Crippen LogP contribution in [-0.2, 0) is 6.42 Å². The number of pyridine rings is 1. The van der Waals surface area contributed by atoms with E-state index in [-0.39, 0.29) is 0 Å². The highest BCUT2D eigenvalue weighted by Crippen LogP contribution is 2.23. The summed E-state index contributed by atoms with van der Waals surface area (Å²) in [7, 11) is 0. The third kappa shape index (κ3) is 1.70. The quantitative estimate of drug-likeness (QED) is 0.709. The molecular weight excluding hydrogens is 242 g/mol. The van der Waals surface area contributed by atoms with E-state index in [4.69, 9.17) is 11.6 Å². The SMILES string of the molecule is Clc1ccc(Cc2c[nH]c3ncsc23)cn1. The van der Waals surface area contributed by atoms with Crippen molar-refractivity contribution in [2.75, 3.05) is 0 Å². The minimum absolute atomic E-state index is 0.528. The maximum Gasteiger partial charge on any atom is 0.148 e. The Labute approximate surface area is 101 Å². The van der Waals surface area contributed by atoms with E-state index in [1.807, 2.05) is 30.0 Å². The summed E-state index contributed by atoms with van der Waals surface area (Å²) >= 11 is 7.40. The molecule has 16 heavy (non-hydrogen) atoms. The average molecular weight is 250 g/mol. The molecule has 3 heterocycles. The number of aromatic amines is 1. The van der Waals surface area contributed by atoms with Crippen molar-refractivity contribution in [2.24, 2.45) is 0 Å². The van der Waals surface area contributed by atoms with Gasteiger partial charge in [-0.3, -0.25) is 0 Å². The molecule has 0 saturated carbocycles. The van der Waals surface area contributed by atoms with Crippen molar-refractivity contribution in [2.45, 2.75) is 6.42 Å². The third-order valence-corrected chi connectivity index (χ3v) is 3.55. The summed E-state index contributed by atoms with van der Waals surface area (Å²) in [5.74, 6) is 0. The fraction of sp³-hybridized carbons (Fsp3) is 0.0909. The Balaban J connectivity index is 1.95. The number of nitrogens with zero attached hydrogens (tertiary/aromatic N) is 2. The van der Waals surface area contributed by atoms with E-state index >= 15 is 0 Å². The molecule has 0 aromatic carbocycles. The molecule has 0 spiro atoms. The summed E-state index contributed by atoms with van der Waals surface area (Å²) in [5, 5.41) is 0.528. The maximum atomic E-state index is 5.75. The van der Waals surface area contributed by atoms with Gasteiger partial charge >= 0.3 is 0 Å². The van der Waals surface area contributed by atoms with Crippen molar-refractivity contribution in [3.05, 3.63) is 46.3 Å². The van der Waals surface area contributed by atoms with Crippen molar-refractivity contribution in [1.29, 1.82) is 0 Å². The van der Waals surface area contributed by atoms with Crippen molar-refractivity contribution >= 4 is 33.3 Å². The first kappa shape index (κ1) is 9.81. The molecule has 80 valence electrons. The highest BCUT2D eigenvalue weighted by Gasteiger charge is 2.06. The van der Waals surface area contributed by atoms with Gasteiger partial charge in [-0.2, -0.15) is 0 Å². The van der Waals surface area contributed by atoms with Crippen LogP contribution in [0.15, 0.2) is 30.0 Å². The van der Waals surface area contributed by atoms with Crippen molar-refractivity contribution in [1.82, 2.24) is 15.0 Å². The minimum atomic E-state index is 0.528.